The van der Waals surface area contributed by atoms with Crippen LogP contribution in [0.4, 0.5) is 14.4 Å². The van der Waals surface area contributed by atoms with E-state index in [9.17, 15) is 14.4 Å². The van der Waals surface area contributed by atoms with Gasteiger partial charge in [-0.05, 0) is 12.8 Å². The van der Waals surface area contributed by atoms with Gasteiger partial charge >= 0.3 is 18.5 Å². The zero-order chi connectivity index (χ0) is 33.6. The van der Waals surface area contributed by atoms with Gasteiger partial charge < -0.3 is 18.9 Å². The van der Waals surface area contributed by atoms with Crippen LogP contribution in [-0.4, -0.2) is 31.7 Å². The predicted octanol–water partition coefficient (Wildman–Crippen LogP) is 13.9. The molecular formula is C39H74O7. The van der Waals surface area contributed by atoms with E-state index in [1.807, 2.05) is 0 Å². The average molecular weight is 655 g/mol. The summed E-state index contributed by atoms with van der Waals surface area (Å²) < 4.78 is 18.5. The minimum absolute atomic E-state index is 0.175. The van der Waals surface area contributed by atoms with Crippen molar-refractivity contribution in [3.05, 3.63) is 0 Å². The topological polar surface area (TPSA) is 88.1 Å². The first-order chi connectivity index (χ1) is 22.6. The van der Waals surface area contributed by atoms with Gasteiger partial charge in [0, 0.05) is 0 Å². The summed E-state index contributed by atoms with van der Waals surface area (Å²) in [5.74, 6) is 0. The lowest BCUT2D eigenvalue weighted by molar-refractivity contribution is 0.0276. The monoisotopic (exact) mass is 655 g/mol. The molecule has 0 saturated heterocycles. The molecule has 0 rings (SSSR count). The molecule has 0 bridgehead atoms. The van der Waals surface area contributed by atoms with Crippen LogP contribution >= 0.6 is 0 Å². The number of carbonyl (C=O) groups excluding carboxylic acids is 3. The van der Waals surface area contributed by atoms with Crippen LogP contribution in [-0.2, 0) is 18.9 Å². The molecule has 0 aliphatic heterocycles. The fraction of sp³-hybridized carbons (Fsp3) is 0.923. The van der Waals surface area contributed by atoms with E-state index in [2.05, 4.69) is 23.3 Å². The van der Waals surface area contributed by atoms with E-state index >= 15 is 0 Å². The molecule has 7 nitrogen and oxygen atoms in total. The molecule has 0 N–H and O–H groups in total. The molecule has 0 heterocycles. The summed E-state index contributed by atoms with van der Waals surface area (Å²) in [6, 6.07) is 0. The van der Waals surface area contributed by atoms with Crippen LogP contribution in [0, 0.1) is 0 Å². The third kappa shape index (κ3) is 36.7. The van der Waals surface area contributed by atoms with Crippen LogP contribution in [0.5, 0.6) is 0 Å². The van der Waals surface area contributed by atoms with Gasteiger partial charge in [0.1, 0.15) is 0 Å². The smallest absolute Gasteiger partial charge is 0.434 e. The van der Waals surface area contributed by atoms with Crippen molar-refractivity contribution in [1.82, 2.24) is 0 Å². The fourth-order valence-electron chi connectivity index (χ4n) is 5.83. The molecule has 0 atom stereocenters. The molecule has 0 fully saturated rings. The van der Waals surface area contributed by atoms with Crippen LogP contribution in [0.1, 0.15) is 219 Å². The lowest BCUT2D eigenvalue weighted by Crippen LogP contribution is -2.19. The molecule has 0 unspecified atom stereocenters. The first-order valence-electron chi connectivity index (χ1n) is 19.8. The molecule has 46 heavy (non-hydrogen) atoms. The minimum Gasteiger partial charge on any atom is -0.434 e. The fourth-order valence-corrected chi connectivity index (χ4v) is 5.83. The van der Waals surface area contributed by atoms with E-state index in [1.165, 1.54) is 167 Å². The number of hydrogen-bond acceptors (Lipinski definition) is 7. The molecule has 7 heteroatoms. The lowest BCUT2D eigenvalue weighted by Gasteiger charge is -2.06. The van der Waals surface area contributed by atoms with Crippen LogP contribution < -0.4 is 0 Å². The Bertz CT molecular complexity index is 613. The quantitative estimate of drug-likeness (QED) is 0.0387. The highest BCUT2D eigenvalue weighted by Gasteiger charge is 2.18. The Hall–Kier alpha value is -1.79. The zero-order valence-electron chi connectivity index (χ0n) is 30.4. The van der Waals surface area contributed by atoms with Crippen molar-refractivity contribution in [2.75, 3.05) is 13.2 Å². The average Bonchev–Trinajstić information content (AvgIpc) is 3.03. The van der Waals surface area contributed by atoms with Crippen LogP contribution in [0.15, 0.2) is 0 Å². The van der Waals surface area contributed by atoms with E-state index in [0.717, 1.165) is 25.7 Å². The standard InChI is InChI=1S/C39H74O7/c1-3-5-7-9-11-13-15-17-19-21-23-25-27-29-31-33-35-43-37(40)45-39(42)46-38(41)44-36-34-32-30-28-26-24-22-20-18-16-14-12-10-8-6-4-2/h3-36H2,1-2H3. The second-order valence-electron chi connectivity index (χ2n) is 13.3. The Morgan fingerprint density at radius 1 is 0.283 bits per heavy atom. The molecule has 0 aromatic carbocycles. The van der Waals surface area contributed by atoms with Crippen molar-refractivity contribution in [1.29, 1.82) is 0 Å². The number of hydrogen-bond donors (Lipinski definition) is 0. The number of unbranched alkanes of at least 4 members (excludes halogenated alkanes) is 30. The van der Waals surface area contributed by atoms with E-state index < -0.39 is 18.5 Å². The van der Waals surface area contributed by atoms with Crippen molar-refractivity contribution < 1.29 is 33.3 Å². The second kappa shape index (κ2) is 37.7. The predicted molar refractivity (Wildman–Crippen MR) is 189 cm³/mol. The Kier molecular flexibility index (Phi) is 36.2. The first-order valence-corrected chi connectivity index (χ1v) is 19.8. The maximum atomic E-state index is 11.6. The first kappa shape index (κ1) is 44.2. The third-order valence-corrected chi connectivity index (χ3v) is 8.77. The van der Waals surface area contributed by atoms with Gasteiger partial charge in [0.25, 0.3) is 0 Å². The number of rotatable bonds is 34. The summed E-state index contributed by atoms with van der Waals surface area (Å²) in [4.78, 5) is 34.8. The molecule has 0 aliphatic rings. The summed E-state index contributed by atoms with van der Waals surface area (Å²) in [6.07, 6.45) is 36.8. The maximum absolute atomic E-state index is 11.6. The van der Waals surface area contributed by atoms with Gasteiger partial charge in [-0.3, -0.25) is 0 Å². The normalized spacial score (nSPS) is 11.0. The zero-order valence-corrected chi connectivity index (χ0v) is 30.4. The van der Waals surface area contributed by atoms with Gasteiger partial charge in [-0.25, -0.2) is 14.4 Å². The second-order valence-corrected chi connectivity index (χ2v) is 13.3. The summed E-state index contributed by atoms with van der Waals surface area (Å²) in [5, 5.41) is 0. The van der Waals surface area contributed by atoms with Crippen molar-refractivity contribution in [2.24, 2.45) is 0 Å². The largest absolute Gasteiger partial charge is 0.528 e. The Balaban J connectivity index is 3.37. The SMILES string of the molecule is CCCCCCCCCCCCCCCCCCOC(=O)OC(=O)OC(=O)OCCCCCCCCCCCCCCCCCC. The highest BCUT2D eigenvalue weighted by molar-refractivity contribution is 5.83. The van der Waals surface area contributed by atoms with Gasteiger partial charge in [0.15, 0.2) is 0 Å². The van der Waals surface area contributed by atoms with Crippen molar-refractivity contribution in [3.63, 3.8) is 0 Å². The van der Waals surface area contributed by atoms with Crippen molar-refractivity contribution in [2.45, 2.75) is 219 Å². The molecule has 0 amide bonds. The maximum Gasteiger partial charge on any atom is 0.528 e. The van der Waals surface area contributed by atoms with Crippen LogP contribution in [0.3, 0.4) is 0 Å². The highest BCUT2D eigenvalue weighted by atomic mass is 16.9. The molecular weight excluding hydrogens is 580 g/mol. The van der Waals surface area contributed by atoms with E-state index in [4.69, 9.17) is 9.47 Å². The van der Waals surface area contributed by atoms with Gasteiger partial charge in [0.05, 0.1) is 13.2 Å². The van der Waals surface area contributed by atoms with E-state index in [0.29, 0.717) is 12.8 Å². The van der Waals surface area contributed by atoms with Crippen molar-refractivity contribution >= 4 is 18.5 Å². The van der Waals surface area contributed by atoms with Gasteiger partial charge in [-0.1, -0.05) is 206 Å². The molecule has 0 saturated carbocycles. The molecule has 272 valence electrons. The Morgan fingerprint density at radius 2 is 0.478 bits per heavy atom. The lowest BCUT2D eigenvalue weighted by atomic mass is 10.0. The Labute approximate surface area is 284 Å². The molecule has 0 aromatic rings. The van der Waals surface area contributed by atoms with E-state index in [-0.39, 0.29) is 13.2 Å². The van der Waals surface area contributed by atoms with Gasteiger partial charge in [0.2, 0.25) is 0 Å². The summed E-state index contributed by atoms with van der Waals surface area (Å²) in [5.41, 5.74) is 0. The van der Waals surface area contributed by atoms with Gasteiger partial charge in [-0.2, -0.15) is 0 Å². The number of ether oxygens (including phenoxy) is 4. The molecule has 0 spiro atoms. The Morgan fingerprint density at radius 3 is 0.696 bits per heavy atom. The highest BCUT2D eigenvalue weighted by Crippen LogP contribution is 2.15. The van der Waals surface area contributed by atoms with Crippen LogP contribution in [0.25, 0.3) is 0 Å². The summed E-state index contributed by atoms with van der Waals surface area (Å²) in [6.45, 7) is 4.88. The van der Waals surface area contributed by atoms with Crippen molar-refractivity contribution in [3.8, 4) is 0 Å². The van der Waals surface area contributed by atoms with E-state index in [1.54, 1.807) is 0 Å². The third-order valence-electron chi connectivity index (χ3n) is 8.77. The minimum atomic E-state index is -1.42. The molecule has 0 radical (unpaired) electrons. The number of carbonyl (C=O) groups is 3. The van der Waals surface area contributed by atoms with Crippen LogP contribution in [0.2, 0.25) is 0 Å². The summed E-state index contributed by atoms with van der Waals surface area (Å²) >= 11 is 0. The van der Waals surface area contributed by atoms with Gasteiger partial charge in [-0.15, -0.1) is 0 Å². The molecule has 0 aliphatic carbocycles. The molecule has 0 aromatic heterocycles. The summed E-state index contributed by atoms with van der Waals surface area (Å²) in [7, 11) is 0.